The molecule has 0 aliphatic carbocycles. The maximum absolute atomic E-state index is 12.1. The van der Waals surface area contributed by atoms with E-state index in [2.05, 4.69) is 5.32 Å². The summed E-state index contributed by atoms with van der Waals surface area (Å²) in [7, 11) is 3.34. The van der Waals surface area contributed by atoms with Gasteiger partial charge in [-0.05, 0) is 37.6 Å². The van der Waals surface area contributed by atoms with Gasteiger partial charge in [0.15, 0.2) is 0 Å². The highest BCUT2D eigenvalue weighted by Crippen LogP contribution is 2.17. The van der Waals surface area contributed by atoms with E-state index in [1.54, 1.807) is 32.9 Å². The molecule has 0 spiro atoms. The molecule has 6 nitrogen and oxygen atoms in total. The summed E-state index contributed by atoms with van der Waals surface area (Å²) in [4.78, 5) is 25.0. The van der Waals surface area contributed by atoms with Gasteiger partial charge in [-0.25, -0.2) is 0 Å². The summed E-state index contributed by atoms with van der Waals surface area (Å²) in [6, 6.07) is 6.85. The number of carbonyl (C=O) groups is 2. The molecule has 1 aromatic carbocycles. The average molecular weight is 322 g/mol. The third-order valence-corrected chi connectivity index (χ3v) is 3.41. The summed E-state index contributed by atoms with van der Waals surface area (Å²) in [6.07, 6.45) is 1.08. The van der Waals surface area contributed by atoms with Crippen molar-refractivity contribution in [1.82, 2.24) is 10.2 Å². The van der Waals surface area contributed by atoms with Gasteiger partial charge in [-0.2, -0.15) is 0 Å². The fourth-order valence-electron chi connectivity index (χ4n) is 2.01. The molecular weight excluding hydrogens is 296 g/mol. The molecule has 0 aromatic heterocycles. The highest BCUT2D eigenvalue weighted by molar-refractivity contribution is 5.87. The molecule has 1 atom stereocenters. The Kier molecular flexibility index (Phi) is 7.94. The standard InChI is InChI=1S/C17H26N2O4/c1-5-16(20)18-13(2)17(21)19(3)11-6-12-23-15-9-7-14(22-4)8-10-15/h7-10,13H,5-6,11-12H2,1-4H3,(H,18,20)/t13-/m1/s1. The van der Waals surface area contributed by atoms with E-state index in [1.807, 2.05) is 24.3 Å². The lowest BCUT2D eigenvalue weighted by atomic mass is 10.2. The molecule has 0 heterocycles. The number of hydrogen-bond acceptors (Lipinski definition) is 4. The Hall–Kier alpha value is -2.24. The lowest BCUT2D eigenvalue weighted by Crippen LogP contribution is -2.45. The molecule has 0 fully saturated rings. The topological polar surface area (TPSA) is 67.9 Å². The first-order chi connectivity index (χ1) is 11.0. The molecule has 0 aliphatic rings. The van der Waals surface area contributed by atoms with E-state index < -0.39 is 6.04 Å². The van der Waals surface area contributed by atoms with Crippen LogP contribution in [-0.4, -0.2) is 50.1 Å². The van der Waals surface area contributed by atoms with Gasteiger partial charge in [0.2, 0.25) is 11.8 Å². The van der Waals surface area contributed by atoms with Gasteiger partial charge in [0, 0.05) is 20.0 Å². The highest BCUT2D eigenvalue weighted by atomic mass is 16.5. The van der Waals surface area contributed by atoms with Crippen LogP contribution in [0.5, 0.6) is 11.5 Å². The number of methoxy groups -OCH3 is 1. The average Bonchev–Trinajstić information content (AvgIpc) is 2.58. The Morgan fingerprint density at radius 2 is 1.83 bits per heavy atom. The van der Waals surface area contributed by atoms with E-state index in [9.17, 15) is 9.59 Å². The van der Waals surface area contributed by atoms with Gasteiger partial charge in [0.1, 0.15) is 17.5 Å². The van der Waals surface area contributed by atoms with Crippen LogP contribution in [0.4, 0.5) is 0 Å². The van der Waals surface area contributed by atoms with Crippen LogP contribution in [-0.2, 0) is 9.59 Å². The Balaban J connectivity index is 2.28. The Morgan fingerprint density at radius 1 is 1.22 bits per heavy atom. The van der Waals surface area contributed by atoms with Gasteiger partial charge in [-0.1, -0.05) is 6.92 Å². The number of likely N-dealkylation sites (N-methyl/N-ethyl adjacent to an activating group) is 1. The summed E-state index contributed by atoms with van der Waals surface area (Å²) in [6.45, 7) is 4.54. The van der Waals surface area contributed by atoms with Crippen LogP contribution in [0.3, 0.4) is 0 Å². The van der Waals surface area contributed by atoms with Crippen LogP contribution in [0.2, 0.25) is 0 Å². The second-order valence-electron chi connectivity index (χ2n) is 5.28. The molecule has 128 valence electrons. The molecule has 1 aromatic rings. The van der Waals surface area contributed by atoms with Crippen LogP contribution in [0.15, 0.2) is 24.3 Å². The van der Waals surface area contributed by atoms with Crippen molar-refractivity contribution in [3.63, 3.8) is 0 Å². The van der Waals surface area contributed by atoms with Crippen LogP contribution in [0.1, 0.15) is 26.7 Å². The summed E-state index contributed by atoms with van der Waals surface area (Å²) < 4.78 is 10.7. The molecule has 0 aliphatic heterocycles. The Labute approximate surface area is 137 Å². The quantitative estimate of drug-likeness (QED) is 0.704. The van der Waals surface area contributed by atoms with E-state index in [-0.39, 0.29) is 11.8 Å². The fraction of sp³-hybridized carbons (Fsp3) is 0.529. The molecule has 0 unspecified atom stereocenters. The second-order valence-corrected chi connectivity index (χ2v) is 5.28. The molecule has 1 rings (SSSR count). The first kappa shape index (κ1) is 18.8. The lowest BCUT2D eigenvalue weighted by molar-refractivity contribution is -0.134. The second kappa shape index (κ2) is 9.71. The molecule has 23 heavy (non-hydrogen) atoms. The SMILES string of the molecule is CCC(=O)N[C@H](C)C(=O)N(C)CCCOc1ccc(OC)cc1. The summed E-state index contributed by atoms with van der Waals surface area (Å²) in [5, 5.41) is 2.66. The first-order valence-corrected chi connectivity index (χ1v) is 7.79. The number of carbonyl (C=O) groups excluding carboxylic acids is 2. The number of nitrogens with zero attached hydrogens (tertiary/aromatic N) is 1. The van der Waals surface area contributed by atoms with Gasteiger partial charge in [0.25, 0.3) is 0 Å². The van der Waals surface area contributed by atoms with Crippen molar-refractivity contribution in [2.45, 2.75) is 32.7 Å². The zero-order chi connectivity index (χ0) is 17.2. The molecular formula is C17H26N2O4. The van der Waals surface area contributed by atoms with Crippen LogP contribution in [0, 0.1) is 0 Å². The zero-order valence-electron chi connectivity index (χ0n) is 14.3. The maximum Gasteiger partial charge on any atom is 0.244 e. The zero-order valence-corrected chi connectivity index (χ0v) is 14.3. The van der Waals surface area contributed by atoms with Crippen molar-refractivity contribution in [1.29, 1.82) is 0 Å². The molecule has 0 saturated heterocycles. The number of hydrogen-bond donors (Lipinski definition) is 1. The third-order valence-electron chi connectivity index (χ3n) is 3.41. The summed E-state index contributed by atoms with van der Waals surface area (Å²) in [5.41, 5.74) is 0. The van der Waals surface area contributed by atoms with Gasteiger partial charge < -0.3 is 19.7 Å². The van der Waals surface area contributed by atoms with Crippen molar-refractivity contribution < 1.29 is 19.1 Å². The minimum atomic E-state index is -0.505. The lowest BCUT2D eigenvalue weighted by Gasteiger charge is -2.22. The predicted octanol–water partition coefficient (Wildman–Crippen LogP) is 1.84. The number of nitrogens with one attached hydrogen (secondary N) is 1. The summed E-state index contributed by atoms with van der Waals surface area (Å²) in [5.74, 6) is 1.33. The van der Waals surface area contributed by atoms with Gasteiger partial charge in [-0.3, -0.25) is 9.59 Å². The van der Waals surface area contributed by atoms with Crippen LogP contribution < -0.4 is 14.8 Å². The van der Waals surface area contributed by atoms with Gasteiger partial charge >= 0.3 is 0 Å². The fourth-order valence-corrected chi connectivity index (χ4v) is 2.01. The first-order valence-electron chi connectivity index (χ1n) is 7.79. The highest BCUT2D eigenvalue weighted by Gasteiger charge is 2.18. The molecule has 6 heteroatoms. The normalized spacial score (nSPS) is 11.5. The van der Waals surface area contributed by atoms with E-state index in [0.29, 0.717) is 26.0 Å². The molecule has 0 bridgehead atoms. The minimum Gasteiger partial charge on any atom is -0.497 e. The largest absolute Gasteiger partial charge is 0.497 e. The van der Waals surface area contributed by atoms with Crippen molar-refractivity contribution in [2.24, 2.45) is 0 Å². The molecule has 0 radical (unpaired) electrons. The maximum atomic E-state index is 12.1. The minimum absolute atomic E-state index is 0.101. The monoisotopic (exact) mass is 322 g/mol. The van der Waals surface area contributed by atoms with Crippen molar-refractivity contribution >= 4 is 11.8 Å². The van der Waals surface area contributed by atoms with E-state index in [0.717, 1.165) is 11.5 Å². The van der Waals surface area contributed by atoms with Crippen molar-refractivity contribution in [3.8, 4) is 11.5 Å². The Morgan fingerprint density at radius 3 is 2.39 bits per heavy atom. The summed E-state index contributed by atoms with van der Waals surface area (Å²) >= 11 is 0. The van der Waals surface area contributed by atoms with Crippen LogP contribution >= 0.6 is 0 Å². The smallest absolute Gasteiger partial charge is 0.244 e. The van der Waals surface area contributed by atoms with E-state index >= 15 is 0 Å². The van der Waals surface area contributed by atoms with E-state index in [4.69, 9.17) is 9.47 Å². The van der Waals surface area contributed by atoms with Gasteiger partial charge in [0.05, 0.1) is 13.7 Å². The number of ether oxygens (including phenoxy) is 2. The molecule has 2 amide bonds. The number of benzene rings is 1. The number of amides is 2. The molecule has 0 saturated carbocycles. The van der Waals surface area contributed by atoms with Crippen LogP contribution in [0.25, 0.3) is 0 Å². The molecule has 1 N–H and O–H groups in total. The Bertz CT molecular complexity index is 502. The predicted molar refractivity (Wildman–Crippen MR) is 88.6 cm³/mol. The van der Waals surface area contributed by atoms with Crippen molar-refractivity contribution in [2.75, 3.05) is 27.3 Å². The van der Waals surface area contributed by atoms with Crippen molar-refractivity contribution in [3.05, 3.63) is 24.3 Å². The number of rotatable bonds is 9. The third kappa shape index (κ3) is 6.59. The van der Waals surface area contributed by atoms with E-state index in [1.165, 1.54) is 0 Å². The van der Waals surface area contributed by atoms with Gasteiger partial charge in [-0.15, -0.1) is 0 Å².